The van der Waals surface area contributed by atoms with Crippen LogP contribution in [-0.2, 0) is 0 Å². The van der Waals surface area contributed by atoms with E-state index in [1.165, 1.54) is 6.21 Å². The van der Waals surface area contributed by atoms with Crippen LogP contribution in [0.5, 0.6) is 5.75 Å². The maximum Gasteiger partial charge on any atom is 0.343 e. The normalized spacial score (nSPS) is 10.7. The fourth-order valence-electron chi connectivity index (χ4n) is 2.13. The molecule has 8 heteroatoms. The fourth-order valence-corrected chi connectivity index (χ4v) is 2.68. The van der Waals surface area contributed by atoms with Crippen molar-refractivity contribution in [3.05, 3.63) is 75.8 Å². The minimum Gasteiger partial charge on any atom is -0.423 e. The average Bonchev–Trinajstić information content (AvgIpc) is 3.09. The van der Waals surface area contributed by atoms with Crippen molar-refractivity contribution in [1.29, 1.82) is 0 Å². The van der Waals surface area contributed by atoms with E-state index in [1.807, 2.05) is 19.1 Å². The highest BCUT2D eigenvalue weighted by Gasteiger charge is 2.12. The summed E-state index contributed by atoms with van der Waals surface area (Å²) in [5.74, 6) is -0.354. The van der Waals surface area contributed by atoms with Crippen LogP contribution in [0.4, 0.5) is 0 Å². The minimum atomic E-state index is -0.419. The van der Waals surface area contributed by atoms with Gasteiger partial charge >= 0.3 is 5.97 Å². The molecule has 1 amide bonds. The van der Waals surface area contributed by atoms with Crippen molar-refractivity contribution in [2.45, 2.75) is 13.8 Å². The van der Waals surface area contributed by atoms with Crippen LogP contribution in [0.25, 0.3) is 0 Å². The van der Waals surface area contributed by atoms with E-state index in [9.17, 15) is 9.59 Å². The van der Waals surface area contributed by atoms with Crippen LogP contribution in [0.2, 0.25) is 0 Å². The Labute approximate surface area is 159 Å². The monoisotopic (exact) mass is 380 g/mol. The highest BCUT2D eigenvalue weighted by atomic mass is 32.1. The molecule has 136 valence electrons. The maximum atomic E-state index is 12.1. The Bertz CT molecular complexity index is 979. The molecule has 0 radical (unpaired) electrons. The van der Waals surface area contributed by atoms with E-state index in [-0.39, 0.29) is 5.91 Å². The Kier molecular flexibility index (Phi) is 5.68. The SMILES string of the molecule is Cc1ccc(C(=O)Oc2ccc(/C=N\NC(=O)c3snnc3C)cc2)cc1. The lowest BCUT2D eigenvalue weighted by atomic mass is 10.1. The molecule has 0 saturated heterocycles. The standard InChI is InChI=1S/C19H16N4O3S/c1-12-3-7-15(8-4-12)19(25)26-16-9-5-14(6-10-16)11-20-22-18(24)17-13(2)21-23-27-17/h3-11H,1-2H3,(H,22,24)/b20-11-. The molecule has 1 heterocycles. The predicted molar refractivity (Wildman–Crippen MR) is 102 cm³/mol. The number of ether oxygens (including phenoxy) is 1. The Morgan fingerprint density at radius 1 is 1.07 bits per heavy atom. The summed E-state index contributed by atoms with van der Waals surface area (Å²) in [5.41, 5.74) is 5.29. The first-order valence-corrected chi connectivity index (χ1v) is 8.81. The van der Waals surface area contributed by atoms with E-state index in [0.717, 1.165) is 22.7 Å². The zero-order valence-electron chi connectivity index (χ0n) is 14.7. The number of carbonyl (C=O) groups is 2. The number of rotatable bonds is 5. The van der Waals surface area contributed by atoms with Gasteiger partial charge in [0.2, 0.25) is 0 Å². The van der Waals surface area contributed by atoms with E-state index in [4.69, 9.17) is 4.74 Å². The summed E-state index contributed by atoms with van der Waals surface area (Å²) in [4.78, 5) is 24.4. The predicted octanol–water partition coefficient (Wildman–Crippen LogP) is 3.14. The molecule has 0 fully saturated rings. The first kappa shape index (κ1) is 18.4. The second-order valence-corrected chi connectivity index (χ2v) is 6.47. The van der Waals surface area contributed by atoms with Crippen LogP contribution in [-0.4, -0.2) is 27.7 Å². The van der Waals surface area contributed by atoms with Crippen molar-refractivity contribution < 1.29 is 14.3 Å². The molecule has 0 atom stereocenters. The van der Waals surface area contributed by atoms with Crippen LogP contribution in [0.1, 0.15) is 36.9 Å². The first-order valence-electron chi connectivity index (χ1n) is 8.04. The summed E-state index contributed by atoms with van der Waals surface area (Å²) in [6, 6.07) is 13.9. The van der Waals surface area contributed by atoms with Gasteiger partial charge in [0.1, 0.15) is 10.6 Å². The van der Waals surface area contributed by atoms with Crippen LogP contribution in [0.3, 0.4) is 0 Å². The Hall–Kier alpha value is -3.39. The van der Waals surface area contributed by atoms with E-state index in [2.05, 4.69) is 20.1 Å². The van der Waals surface area contributed by atoms with E-state index >= 15 is 0 Å². The summed E-state index contributed by atoms with van der Waals surface area (Å²) >= 11 is 1.01. The summed E-state index contributed by atoms with van der Waals surface area (Å²) in [6.07, 6.45) is 1.49. The molecule has 0 aliphatic heterocycles. The second kappa shape index (κ2) is 8.33. The third-order valence-electron chi connectivity index (χ3n) is 3.62. The van der Waals surface area contributed by atoms with Crippen molar-refractivity contribution in [3.8, 4) is 5.75 Å². The highest BCUT2D eigenvalue weighted by Crippen LogP contribution is 2.14. The van der Waals surface area contributed by atoms with Crippen LogP contribution in [0, 0.1) is 13.8 Å². The molecule has 27 heavy (non-hydrogen) atoms. The number of aryl methyl sites for hydroxylation is 2. The molecule has 0 spiro atoms. The number of amides is 1. The Morgan fingerprint density at radius 3 is 2.41 bits per heavy atom. The van der Waals surface area contributed by atoms with Gasteiger partial charge in [0, 0.05) is 0 Å². The first-order chi connectivity index (χ1) is 13.0. The van der Waals surface area contributed by atoms with Gasteiger partial charge in [0.05, 0.1) is 17.5 Å². The number of carbonyl (C=O) groups excluding carboxylic acids is 2. The second-order valence-electron chi connectivity index (χ2n) is 5.71. The van der Waals surface area contributed by atoms with Crippen molar-refractivity contribution in [1.82, 2.24) is 15.0 Å². The number of nitrogens with one attached hydrogen (secondary N) is 1. The quantitative estimate of drug-likeness (QED) is 0.318. The van der Waals surface area contributed by atoms with Gasteiger partial charge in [-0.2, -0.15) is 5.10 Å². The number of benzene rings is 2. The topological polar surface area (TPSA) is 93.5 Å². The number of esters is 1. The van der Waals surface area contributed by atoms with Crippen molar-refractivity contribution in [2.75, 3.05) is 0 Å². The van der Waals surface area contributed by atoms with Crippen molar-refractivity contribution in [3.63, 3.8) is 0 Å². The Morgan fingerprint density at radius 2 is 1.78 bits per heavy atom. The zero-order valence-corrected chi connectivity index (χ0v) is 15.5. The fraction of sp³-hybridized carbons (Fsp3) is 0.105. The molecule has 2 aromatic carbocycles. The molecule has 0 aliphatic rings. The molecule has 0 saturated carbocycles. The average molecular weight is 380 g/mol. The Balaban J connectivity index is 1.57. The van der Waals surface area contributed by atoms with Gasteiger partial charge < -0.3 is 4.74 Å². The molecule has 7 nitrogen and oxygen atoms in total. The van der Waals surface area contributed by atoms with Gasteiger partial charge in [0.25, 0.3) is 5.91 Å². The largest absolute Gasteiger partial charge is 0.423 e. The minimum absolute atomic E-state index is 0.359. The van der Waals surface area contributed by atoms with E-state index in [0.29, 0.717) is 21.9 Å². The summed E-state index contributed by atoms with van der Waals surface area (Å²) < 4.78 is 9.04. The van der Waals surface area contributed by atoms with Gasteiger partial charge in [-0.15, -0.1) is 5.10 Å². The zero-order chi connectivity index (χ0) is 19.2. The van der Waals surface area contributed by atoms with Gasteiger partial charge in [-0.25, -0.2) is 10.2 Å². The number of hydrogen-bond donors (Lipinski definition) is 1. The van der Waals surface area contributed by atoms with Crippen LogP contribution < -0.4 is 10.2 Å². The number of nitrogens with zero attached hydrogens (tertiary/aromatic N) is 3. The van der Waals surface area contributed by atoms with Crippen molar-refractivity contribution in [2.24, 2.45) is 5.10 Å². The number of hydrogen-bond acceptors (Lipinski definition) is 7. The third-order valence-corrected chi connectivity index (χ3v) is 4.44. The van der Waals surface area contributed by atoms with Gasteiger partial charge in [-0.1, -0.05) is 22.2 Å². The lowest BCUT2D eigenvalue weighted by Crippen LogP contribution is -2.17. The smallest absolute Gasteiger partial charge is 0.343 e. The molecule has 0 aliphatic carbocycles. The van der Waals surface area contributed by atoms with E-state index in [1.54, 1.807) is 43.3 Å². The van der Waals surface area contributed by atoms with Gasteiger partial charge in [-0.3, -0.25) is 4.79 Å². The van der Waals surface area contributed by atoms with Crippen LogP contribution in [0.15, 0.2) is 53.6 Å². The summed E-state index contributed by atoms with van der Waals surface area (Å²) in [5, 5.41) is 7.68. The molecule has 1 aromatic heterocycles. The maximum absolute atomic E-state index is 12.1. The lowest BCUT2D eigenvalue weighted by molar-refractivity contribution is 0.0734. The van der Waals surface area contributed by atoms with E-state index < -0.39 is 5.97 Å². The lowest BCUT2D eigenvalue weighted by Gasteiger charge is -2.05. The molecular formula is C19H16N4O3S. The molecule has 3 aromatic rings. The molecular weight excluding hydrogens is 364 g/mol. The molecule has 0 unspecified atom stereocenters. The molecule has 3 rings (SSSR count). The summed E-state index contributed by atoms with van der Waals surface area (Å²) in [7, 11) is 0. The number of aromatic nitrogens is 2. The van der Waals surface area contributed by atoms with Gasteiger partial charge in [0.15, 0.2) is 0 Å². The number of hydrazone groups is 1. The molecule has 1 N–H and O–H groups in total. The third kappa shape index (κ3) is 4.83. The highest BCUT2D eigenvalue weighted by molar-refractivity contribution is 7.07. The van der Waals surface area contributed by atoms with Gasteiger partial charge in [-0.05, 0) is 67.3 Å². The molecule has 0 bridgehead atoms. The van der Waals surface area contributed by atoms with Crippen LogP contribution >= 0.6 is 11.5 Å². The summed E-state index contributed by atoms with van der Waals surface area (Å²) in [6.45, 7) is 3.66. The van der Waals surface area contributed by atoms with Crippen molar-refractivity contribution >= 4 is 29.6 Å².